The van der Waals surface area contributed by atoms with Gasteiger partial charge >= 0.3 is 0 Å². The van der Waals surface area contributed by atoms with Gasteiger partial charge in [-0.15, -0.1) is 0 Å². The molecule has 0 heterocycles. The summed E-state index contributed by atoms with van der Waals surface area (Å²) >= 11 is 0. The molecule has 0 spiro atoms. The number of hydrogen-bond acceptors (Lipinski definition) is 5. The van der Waals surface area contributed by atoms with Gasteiger partial charge in [-0.3, -0.25) is 25.0 Å². The summed E-state index contributed by atoms with van der Waals surface area (Å²) in [7, 11) is 0. The third-order valence-electron chi connectivity index (χ3n) is 2.50. The summed E-state index contributed by atoms with van der Waals surface area (Å²) in [5.74, 6) is -0.594. The molecule has 0 radical (unpaired) electrons. The van der Waals surface area contributed by atoms with E-state index in [1.165, 1.54) is 6.92 Å². The zero-order valence-corrected chi connectivity index (χ0v) is 11.6. The molecular formula is C12H15N3O5. The number of benzene rings is 1. The Kier molecular flexibility index (Phi) is 4.07. The van der Waals surface area contributed by atoms with Crippen LogP contribution >= 0.6 is 0 Å². The first-order chi connectivity index (χ1) is 9.03. The van der Waals surface area contributed by atoms with Crippen molar-refractivity contribution in [3.63, 3.8) is 0 Å². The van der Waals surface area contributed by atoms with Gasteiger partial charge in [-0.05, 0) is 27.7 Å². The Bertz CT molecular complexity index is 554. The molecule has 0 saturated carbocycles. The van der Waals surface area contributed by atoms with Crippen LogP contribution in [-0.4, -0.2) is 21.3 Å². The SMILES string of the molecule is Cc1c([N+](=O)[O-])cc(C(=O)NC(C)(C)C)cc1[N+](=O)[O-]. The number of nitrogens with one attached hydrogen (secondary N) is 1. The third kappa shape index (κ3) is 3.50. The van der Waals surface area contributed by atoms with E-state index in [1.807, 2.05) is 0 Å². The number of carbonyl (C=O) groups is 1. The summed E-state index contributed by atoms with van der Waals surface area (Å²) in [6, 6.07) is 2.09. The number of nitro groups is 2. The van der Waals surface area contributed by atoms with Crippen LogP contribution in [0.1, 0.15) is 36.7 Å². The van der Waals surface area contributed by atoms with Crippen molar-refractivity contribution in [1.29, 1.82) is 0 Å². The Balaban J connectivity index is 3.38. The first-order valence-electron chi connectivity index (χ1n) is 5.79. The first kappa shape index (κ1) is 15.5. The maximum atomic E-state index is 12.0. The van der Waals surface area contributed by atoms with Gasteiger partial charge in [-0.2, -0.15) is 0 Å². The smallest absolute Gasteiger partial charge is 0.279 e. The molecule has 0 aliphatic rings. The van der Waals surface area contributed by atoms with E-state index in [-0.39, 0.29) is 11.1 Å². The van der Waals surface area contributed by atoms with Crippen LogP contribution in [0.4, 0.5) is 11.4 Å². The number of nitrogens with zero attached hydrogens (tertiary/aromatic N) is 2. The second kappa shape index (κ2) is 5.24. The van der Waals surface area contributed by atoms with Crippen molar-refractivity contribution in [3.8, 4) is 0 Å². The van der Waals surface area contributed by atoms with Gasteiger partial charge in [0.1, 0.15) is 5.56 Å². The van der Waals surface area contributed by atoms with E-state index in [1.54, 1.807) is 20.8 Å². The van der Waals surface area contributed by atoms with Crippen LogP contribution in [-0.2, 0) is 0 Å². The average molecular weight is 281 g/mol. The second-order valence-corrected chi connectivity index (χ2v) is 5.36. The molecule has 0 saturated heterocycles. The number of hydrogen-bond donors (Lipinski definition) is 1. The molecule has 8 heteroatoms. The number of nitro benzene ring substituents is 2. The zero-order valence-electron chi connectivity index (χ0n) is 11.6. The van der Waals surface area contributed by atoms with Crippen molar-refractivity contribution >= 4 is 17.3 Å². The van der Waals surface area contributed by atoms with E-state index < -0.39 is 32.7 Å². The van der Waals surface area contributed by atoms with Crippen molar-refractivity contribution in [3.05, 3.63) is 43.5 Å². The van der Waals surface area contributed by atoms with Gasteiger partial charge in [-0.25, -0.2) is 0 Å². The van der Waals surface area contributed by atoms with E-state index in [4.69, 9.17) is 0 Å². The molecule has 1 amide bonds. The normalized spacial score (nSPS) is 11.0. The summed E-state index contributed by atoms with van der Waals surface area (Å²) in [4.78, 5) is 32.3. The van der Waals surface area contributed by atoms with E-state index in [2.05, 4.69) is 5.32 Å². The van der Waals surface area contributed by atoms with E-state index >= 15 is 0 Å². The molecule has 0 fully saturated rings. The predicted molar refractivity (Wildman–Crippen MR) is 71.7 cm³/mol. The van der Waals surface area contributed by atoms with E-state index in [0.717, 1.165) is 12.1 Å². The molecule has 1 aromatic rings. The van der Waals surface area contributed by atoms with Gasteiger partial charge in [0.15, 0.2) is 0 Å². The van der Waals surface area contributed by atoms with Crippen LogP contribution in [0.5, 0.6) is 0 Å². The largest absolute Gasteiger partial charge is 0.347 e. The Morgan fingerprint density at radius 2 is 1.50 bits per heavy atom. The van der Waals surface area contributed by atoms with Gasteiger partial charge in [0.2, 0.25) is 0 Å². The monoisotopic (exact) mass is 281 g/mol. The topological polar surface area (TPSA) is 115 Å². The number of amides is 1. The molecule has 0 aliphatic heterocycles. The van der Waals surface area contributed by atoms with Crippen LogP contribution < -0.4 is 5.32 Å². The maximum Gasteiger partial charge on any atom is 0.279 e. The Morgan fingerprint density at radius 3 is 1.80 bits per heavy atom. The fourth-order valence-corrected chi connectivity index (χ4v) is 1.61. The van der Waals surface area contributed by atoms with Crippen LogP contribution in [0.3, 0.4) is 0 Å². The van der Waals surface area contributed by atoms with Crippen LogP contribution in [0, 0.1) is 27.2 Å². The zero-order chi connectivity index (χ0) is 15.7. The van der Waals surface area contributed by atoms with Crippen molar-refractivity contribution in [2.45, 2.75) is 33.2 Å². The predicted octanol–water partition coefficient (Wildman–Crippen LogP) is 2.34. The van der Waals surface area contributed by atoms with Crippen molar-refractivity contribution in [2.24, 2.45) is 0 Å². The molecule has 0 atom stereocenters. The molecule has 0 aliphatic carbocycles. The number of rotatable bonds is 3. The lowest BCUT2D eigenvalue weighted by Crippen LogP contribution is -2.40. The maximum absolute atomic E-state index is 12.0. The molecule has 1 aromatic carbocycles. The van der Waals surface area contributed by atoms with Crippen molar-refractivity contribution < 1.29 is 14.6 Å². The first-order valence-corrected chi connectivity index (χ1v) is 5.79. The lowest BCUT2D eigenvalue weighted by molar-refractivity contribution is -0.395. The summed E-state index contributed by atoms with van der Waals surface area (Å²) in [6.45, 7) is 6.49. The minimum Gasteiger partial charge on any atom is -0.347 e. The molecule has 0 bridgehead atoms. The second-order valence-electron chi connectivity index (χ2n) is 5.36. The van der Waals surface area contributed by atoms with Crippen LogP contribution in [0.15, 0.2) is 12.1 Å². The lowest BCUT2D eigenvalue weighted by atomic mass is 10.0. The summed E-state index contributed by atoms with van der Waals surface area (Å²) in [5.41, 5.74) is -1.63. The highest BCUT2D eigenvalue weighted by Gasteiger charge is 2.26. The lowest BCUT2D eigenvalue weighted by Gasteiger charge is -2.20. The Hall–Kier alpha value is -2.51. The molecule has 0 aromatic heterocycles. The average Bonchev–Trinajstić information content (AvgIpc) is 2.25. The summed E-state index contributed by atoms with van der Waals surface area (Å²) in [6.07, 6.45) is 0. The molecule has 108 valence electrons. The molecule has 0 unspecified atom stereocenters. The highest BCUT2D eigenvalue weighted by molar-refractivity contribution is 5.96. The summed E-state index contributed by atoms with van der Waals surface area (Å²) in [5, 5.41) is 24.4. The van der Waals surface area contributed by atoms with Gasteiger partial charge in [0, 0.05) is 17.7 Å². The Labute approximate surface area is 115 Å². The Morgan fingerprint density at radius 1 is 1.10 bits per heavy atom. The molecular weight excluding hydrogens is 266 g/mol. The van der Waals surface area contributed by atoms with Gasteiger partial charge in [0.25, 0.3) is 17.3 Å². The van der Waals surface area contributed by atoms with Gasteiger partial charge in [-0.1, -0.05) is 0 Å². The van der Waals surface area contributed by atoms with Crippen molar-refractivity contribution in [2.75, 3.05) is 0 Å². The fraction of sp³-hybridized carbons (Fsp3) is 0.417. The third-order valence-corrected chi connectivity index (χ3v) is 2.50. The van der Waals surface area contributed by atoms with Gasteiger partial charge < -0.3 is 5.32 Å². The molecule has 20 heavy (non-hydrogen) atoms. The molecule has 1 N–H and O–H groups in total. The van der Waals surface area contributed by atoms with E-state index in [9.17, 15) is 25.0 Å². The highest BCUT2D eigenvalue weighted by Crippen LogP contribution is 2.29. The van der Waals surface area contributed by atoms with Crippen molar-refractivity contribution in [1.82, 2.24) is 5.32 Å². The van der Waals surface area contributed by atoms with Crippen LogP contribution in [0.2, 0.25) is 0 Å². The standard InChI is InChI=1S/C12H15N3O5/c1-7-9(14(17)18)5-8(6-10(7)15(19)20)11(16)13-12(2,3)4/h5-6H,1-4H3,(H,13,16). The summed E-state index contributed by atoms with van der Waals surface area (Å²) < 4.78 is 0. The molecule has 8 nitrogen and oxygen atoms in total. The minimum atomic E-state index is -0.740. The molecule has 1 rings (SSSR count). The number of carbonyl (C=O) groups excluding carboxylic acids is 1. The van der Waals surface area contributed by atoms with E-state index in [0.29, 0.717) is 0 Å². The minimum absolute atomic E-state index is 0.0766. The van der Waals surface area contributed by atoms with Crippen LogP contribution in [0.25, 0.3) is 0 Å². The van der Waals surface area contributed by atoms with Gasteiger partial charge in [0.05, 0.1) is 15.4 Å². The highest BCUT2D eigenvalue weighted by atomic mass is 16.6. The fourth-order valence-electron chi connectivity index (χ4n) is 1.61. The quantitative estimate of drug-likeness (QED) is 0.674.